The van der Waals surface area contributed by atoms with E-state index in [2.05, 4.69) is 15.6 Å². The van der Waals surface area contributed by atoms with E-state index in [9.17, 15) is 9.90 Å². The number of aliphatic hydroxyl groups is 1. The fraction of sp³-hybridized carbons (Fsp3) is 0.261. The first-order valence-electron chi connectivity index (χ1n) is 9.92. The highest BCUT2D eigenvalue weighted by Crippen LogP contribution is 2.23. The summed E-state index contributed by atoms with van der Waals surface area (Å²) in [5.74, 6) is 0.415. The number of fused-ring (bicyclic) bond motifs is 1. The van der Waals surface area contributed by atoms with E-state index in [0.29, 0.717) is 23.3 Å². The molecule has 3 aromatic rings. The van der Waals surface area contributed by atoms with Crippen molar-refractivity contribution < 1.29 is 14.6 Å². The number of carbonyl (C=O) groups excluding carboxylic acids is 1. The standard InChI is InChI=1S/C23H21ClN4O3/c24-20-8-14(1-3-16(20)10-25)21(12-29)28-23(30)15-2-4-17-11-26-22(9-18(17)7-15)27-19-5-6-31-13-19/h1-4,7-9,11,19,21,29H,5-6,12-13H2,(H,26,27)(H,28,30). The number of nitriles is 1. The van der Waals surface area contributed by atoms with Gasteiger partial charge < -0.3 is 20.5 Å². The van der Waals surface area contributed by atoms with Gasteiger partial charge in [-0.3, -0.25) is 4.79 Å². The van der Waals surface area contributed by atoms with Crippen LogP contribution in [0.4, 0.5) is 5.82 Å². The molecule has 7 nitrogen and oxygen atoms in total. The number of hydrogen-bond donors (Lipinski definition) is 3. The molecule has 1 fully saturated rings. The van der Waals surface area contributed by atoms with Crippen molar-refractivity contribution in [2.75, 3.05) is 25.1 Å². The third-order valence-corrected chi connectivity index (χ3v) is 5.58. The van der Waals surface area contributed by atoms with Gasteiger partial charge in [-0.15, -0.1) is 0 Å². The molecular weight excluding hydrogens is 416 g/mol. The number of anilines is 1. The largest absolute Gasteiger partial charge is 0.394 e. The smallest absolute Gasteiger partial charge is 0.251 e. The van der Waals surface area contributed by atoms with Crippen LogP contribution in [0.1, 0.15) is 33.9 Å². The Labute approximate surface area is 184 Å². The molecule has 1 aliphatic heterocycles. The van der Waals surface area contributed by atoms with Crippen LogP contribution in [-0.4, -0.2) is 41.9 Å². The Morgan fingerprint density at radius 2 is 2.16 bits per heavy atom. The topological polar surface area (TPSA) is 107 Å². The van der Waals surface area contributed by atoms with Gasteiger partial charge >= 0.3 is 0 Å². The van der Waals surface area contributed by atoms with Gasteiger partial charge in [-0.1, -0.05) is 23.7 Å². The van der Waals surface area contributed by atoms with E-state index in [1.807, 2.05) is 18.2 Å². The third kappa shape index (κ3) is 4.78. The second-order valence-electron chi connectivity index (χ2n) is 7.40. The van der Waals surface area contributed by atoms with Gasteiger partial charge in [0, 0.05) is 23.8 Å². The number of halogens is 1. The molecule has 3 N–H and O–H groups in total. The number of carbonyl (C=O) groups is 1. The van der Waals surface area contributed by atoms with Crippen molar-refractivity contribution >= 4 is 34.1 Å². The van der Waals surface area contributed by atoms with Gasteiger partial charge in [-0.25, -0.2) is 4.98 Å². The summed E-state index contributed by atoms with van der Waals surface area (Å²) in [5.41, 5.74) is 1.42. The lowest BCUT2D eigenvalue weighted by Gasteiger charge is -2.18. The molecule has 0 bridgehead atoms. The maximum Gasteiger partial charge on any atom is 0.251 e. The summed E-state index contributed by atoms with van der Waals surface area (Å²) in [6.07, 6.45) is 2.70. The Kier molecular flexibility index (Phi) is 6.33. The second-order valence-corrected chi connectivity index (χ2v) is 7.80. The predicted octanol–water partition coefficient (Wildman–Crippen LogP) is 3.42. The highest BCUT2D eigenvalue weighted by atomic mass is 35.5. The summed E-state index contributed by atoms with van der Waals surface area (Å²) < 4.78 is 5.38. The minimum absolute atomic E-state index is 0.237. The Hall–Kier alpha value is -3.18. The number of nitrogens with one attached hydrogen (secondary N) is 2. The van der Waals surface area contributed by atoms with Crippen LogP contribution in [0, 0.1) is 11.3 Å². The number of amides is 1. The van der Waals surface area contributed by atoms with Crippen molar-refractivity contribution in [1.82, 2.24) is 10.3 Å². The summed E-state index contributed by atoms with van der Waals surface area (Å²) in [5, 5.41) is 27.1. The average molecular weight is 437 g/mol. The van der Waals surface area contributed by atoms with Gasteiger partial charge in [-0.2, -0.15) is 5.26 Å². The van der Waals surface area contributed by atoms with E-state index < -0.39 is 6.04 Å². The molecule has 8 heteroatoms. The van der Waals surface area contributed by atoms with E-state index in [1.165, 1.54) is 0 Å². The lowest BCUT2D eigenvalue weighted by molar-refractivity contribution is 0.0916. The molecule has 1 saturated heterocycles. The van der Waals surface area contributed by atoms with E-state index in [-0.39, 0.29) is 23.6 Å². The first-order valence-corrected chi connectivity index (χ1v) is 10.3. The summed E-state index contributed by atoms with van der Waals surface area (Å²) in [6, 6.07) is 13.7. The highest BCUT2D eigenvalue weighted by molar-refractivity contribution is 6.31. The zero-order chi connectivity index (χ0) is 21.8. The molecule has 4 rings (SSSR count). The Morgan fingerprint density at radius 1 is 1.29 bits per heavy atom. The molecule has 0 saturated carbocycles. The first kappa shape index (κ1) is 21.1. The quantitative estimate of drug-likeness (QED) is 0.546. The average Bonchev–Trinajstić information content (AvgIpc) is 3.29. The molecule has 2 atom stereocenters. The van der Waals surface area contributed by atoms with Crippen molar-refractivity contribution in [2.24, 2.45) is 0 Å². The molecule has 1 aliphatic rings. The van der Waals surface area contributed by atoms with Crippen molar-refractivity contribution in [2.45, 2.75) is 18.5 Å². The SMILES string of the molecule is N#Cc1ccc(C(CO)NC(=O)c2ccc3cnc(NC4CCOC4)cc3c2)cc1Cl. The second kappa shape index (κ2) is 9.31. The predicted molar refractivity (Wildman–Crippen MR) is 118 cm³/mol. The van der Waals surface area contributed by atoms with Crippen molar-refractivity contribution in [3.63, 3.8) is 0 Å². The molecule has 1 amide bonds. The lowest BCUT2D eigenvalue weighted by Crippen LogP contribution is -2.30. The summed E-state index contributed by atoms with van der Waals surface area (Å²) in [7, 11) is 0. The molecule has 158 valence electrons. The fourth-order valence-electron chi connectivity index (χ4n) is 3.53. The molecule has 0 spiro atoms. The van der Waals surface area contributed by atoms with Crippen LogP contribution in [0.3, 0.4) is 0 Å². The van der Waals surface area contributed by atoms with Crippen molar-refractivity contribution in [3.05, 3.63) is 70.4 Å². The van der Waals surface area contributed by atoms with Crippen LogP contribution in [0.2, 0.25) is 5.02 Å². The van der Waals surface area contributed by atoms with Gasteiger partial charge in [0.2, 0.25) is 0 Å². The Balaban J connectivity index is 1.53. The van der Waals surface area contributed by atoms with Crippen molar-refractivity contribution in [3.8, 4) is 6.07 Å². The molecule has 0 aliphatic carbocycles. The monoisotopic (exact) mass is 436 g/mol. The summed E-state index contributed by atoms with van der Waals surface area (Å²) in [6.45, 7) is 1.10. The van der Waals surface area contributed by atoms with E-state index in [0.717, 1.165) is 29.6 Å². The molecule has 2 aromatic carbocycles. The van der Waals surface area contributed by atoms with Crippen molar-refractivity contribution in [1.29, 1.82) is 5.26 Å². The number of nitrogens with zero attached hydrogens (tertiary/aromatic N) is 2. The number of benzene rings is 2. The number of pyridine rings is 1. The fourth-order valence-corrected chi connectivity index (χ4v) is 3.76. The minimum Gasteiger partial charge on any atom is -0.394 e. The van der Waals surface area contributed by atoms with Gasteiger partial charge in [0.1, 0.15) is 11.9 Å². The van der Waals surface area contributed by atoms with E-state index in [1.54, 1.807) is 36.5 Å². The number of ether oxygens (including phenoxy) is 1. The summed E-state index contributed by atoms with van der Waals surface area (Å²) >= 11 is 6.09. The van der Waals surface area contributed by atoms with Gasteiger partial charge in [0.15, 0.2) is 0 Å². The Morgan fingerprint density at radius 3 is 2.87 bits per heavy atom. The molecule has 2 unspecified atom stereocenters. The van der Waals surface area contributed by atoms with Crippen LogP contribution in [0.5, 0.6) is 0 Å². The van der Waals surface area contributed by atoms with Gasteiger partial charge in [0.25, 0.3) is 5.91 Å². The number of hydrogen-bond acceptors (Lipinski definition) is 6. The van der Waals surface area contributed by atoms with Crippen LogP contribution in [0.25, 0.3) is 10.8 Å². The third-order valence-electron chi connectivity index (χ3n) is 5.27. The Bertz CT molecular complexity index is 1160. The number of rotatable bonds is 6. The van der Waals surface area contributed by atoms with Crippen LogP contribution >= 0.6 is 11.6 Å². The van der Waals surface area contributed by atoms with Gasteiger partial charge in [0.05, 0.1) is 35.9 Å². The zero-order valence-corrected chi connectivity index (χ0v) is 17.4. The van der Waals surface area contributed by atoms with Gasteiger partial charge in [-0.05, 0) is 47.7 Å². The maximum atomic E-state index is 12.8. The number of aliphatic hydroxyl groups excluding tert-OH is 1. The minimum atomic E-state index is -0.648. The van der Waals surface area contributed by atoms with Crippen LogP contribution in [-0.2, 0) is 4.74 Å². The van der Waals surface area contributed by atoms with Crippen LogP contribution in [0.15, 0.2) is 48.7 Å². The highest BCUT2D eigenvalue weighted by Gasteiger charge is 2.18. The lowest BCUT2D eigenvalue weighted by atomic mass is 10.0. The van der Waals surface area contributed by atoms with Crippen LogP contribution < -0.4 is 10.6 Å². The molecule has 2 heterocycles. The van der Waals surface area contributed by atoms with E-state index in [4.69, 9.17) is 21.6 Å². The normalized spacial score (nSPS) is 16.6. The first-order chi connectivity index (χ1) is 15.1. The molecule has 1 aromatic heterocycles. The van der Waals surface area contributed by atoms with E-state index >= 15 is 0 Å². The maximum absolute atomic E-state index is 12.8. The molecule has 0 radical (unpaired) electrons. The molecular formula is C23H21ClN4O3. The summed E-state index contributed by atoms with van der Waals surface area (Å²) in [4.78, 5) is 17.3. The zero-order valence-electron chi connectivity index (χ0n) is 16.6. The number of aromatic nitrogens is 1. The molecule has 31 heavy (non-hydrogen) atoms.